The Labute approximate surface area is 169 Å². The highest BCUT2D eigenvalue weighted by atomic mass is 19.2. The molecular formula is C21H26F2N4O2. The molecule has 1 aromatic carbocycles. The lowest BCUT2D eigenvalue weighted by Crippen LogP contribution is -2.51. The van der Waals surface area contributed by atoms with Gasteiger partial charge in [-0.3, -0.25) is 4.79 Å². The molecule has 1 saturated heterocycles. The average molecular weight is 404 g/mol. The molecule has 0 bridgehead atoms. The third kappa shape index (κ3) is 5.27. The van der Waals surface area contributed by atoms with Gasteiger partial charge in [-0.1, -0.05) is 12.1 Å². The number of carbonyl (C=O) groups is 1. The zero-order valence-electron chi connectivity index (χ0n) is 16.9. The topological polar surface area (TPSA) is 57.7 Å². The Morgan fingerprint density at radius 3 is 2.83 bits per heavy atom. The molecule has 3 rings (SSSR count). The van der Waals surface area contributed by atoms with Gasteiger partial charge in [0, 0.05) is 50.4 Å². The molecule has 6 nitrogen and oxygen atoms in total. The molecule has 156 valence electrons. The van der Waals surface area contributed by atoms with Gasteiger partial charge in [-0.25, -0.2) is 9.37 Å². The van der Waals surface area contributed by atoms with Crippen molar-refractivity contribution in [1.82, 2.24) is 20.1 Å². The van der Waals surface area contributed by atoms with Gasteiger partial charge in [0.2, 0.25) is 17.6 Å². The first-order valence-corrected chi connectivity index (χ1v) is 9.57. The predicted molar refractivity (Wildman–Crippen MR) is 106 cm³/mol. The number of ether oxygens (including phenoxy) is 1. The van der Waals surface area contributed by atoms with Crippen LogP contribution in [0.4, 0.5) is 8.78 Å². The molecule has 1 fully saturated rings. The summed E-state index contributed by atoms with van der Waals surface area (Å²) in [5, 5.41) is 2.87. The summed E-state index contributed by atoms with van der Waals surface area (Å²) in [7, 11) is 4.07. The second kappa shape index (κ2) is 9.28. The molecule has 0 unspecified atom stereocenters. The van der Waals surface area contributed by atoms with Crippen LogP contribution < -0.4 is 10.1 Å². The van der Waals surface area contributed by atoms with Gasteiger partial charge in [-0.05, 0) is 38.7 Å². The van der Waals surface area contributed by atoms with E-state index in [2.05, 4.69) is 20.1 Å². The smallest absolute Gasteiger partial charge is 0.224 e. The number of carbonyl (C=O) groups excluding carboxylic acids is 1. The van der Waals surface area contributed by atoms with Crippen LogP contribution in [0.25, 0.3) is 0 Å². The highest BCUT2D eigenvalue weighted by molar-refractivity contribution is 5.76. The molecule has 1 amide bonds. The van der Waals surface area contributed by atoms with Crippen molar-refractivity contribution in [3.05, 3.63) is 53.2 Å². The number of pyridine rings is 1. The third-order valence-electron chi connectivity index (χ3n) is 5.17. The number of benzene rings is 1. The summed E-state index contributed by atoms with van der Waals surface area (Å²) >= 11 is 0. The highest BCUT2D eigenvalue weighted by Crippen LogP contribution is 2.28. The maximum atomic E-state index is 14.1. The molecule has 0 spiro atoms. The molecule has 29 heavy (non-hydrogen) atoms. The van der Waals surface area contributed by atoms with Crippen LogP contribution >= 0.6 is 0 Å². The molecule has 1 aliphatic heterocycles. The number of hydrogen-bond donors (Lipinski definition) is 1. The van der Waals surface area contributed by atoms with E-state index in [1.54, 1.807) is 12.1 Å². The van der Waals surface area contributed by atoms with Gasteiger partial charge in [-0.2, -0.15) is 4.39 Å². The first kappa shape index (κ1) is 21.1. The molecule has 0 aliphatic carbocycles. The minimum absolute atomic E-state index is 0.0838. The lowest BCUT2D eigenvalue weighted by atomic mass is 10.1. The summed E-state index contributed by atoms with van der Waals surface area (Å²) in [6, 6.07) is 6.38. The number of rotatable bonds is 6. The molecule has 2 aromatic rings. The van der Waals surface area contributed by atoms with E-state index in [1.807, 2.05) is 14.1 Å². The van der Waals surface area contributed by atoms with Crippen molar-refractivity contribution < 1.29 is 18.3 Å². The number of hydrogen-bond acceptors (Lipinski definition) is 5. The minimum atomic E-state index is -1.06. The van der Waals surface area contributed by atoms with Crippen LogP contribution in [0.3, 0.4) is 0 Å². The fourth-order valence-electron chi connectivity index (χ4n) is 3.26. The fraction of sp³-hybridized carbons (Fsp3) is 0.429. The largest absolute Gasteiger partial charge is 0.435 e. The second-order valence-electron chi connectivity index (χ2n) is 7.46. The van der Waals surface area contributed by atoms with E-state index < -0.39 is 11.6 Å². The number of amides is 1. The number of aromatic nitrogens is 1. The second-order valence-corrected chi connectivity index (χ2v) is 7.46. The van der Waals surface area contributed by atoms with E-state index in [9.17, 15) is 13.6 Å². The number of piperazine rings is 1. The first-order chi connectivity index (χ1) is 13.8. The number of halogens is 2. The Morgan fingerprint density at radius 1 is 1.24 bits per heavy atom. The van der Waals surface area contributed by atoms with Crippen molar-refractivity contribution >= 4 is 5.91 Å². The molecular weight excluding hydrogens is 378 g/mol. The van der Waals surface area contributed by atoms with E-state index in [-0.39, 0.29) is 35.7 Å². The highest BCUT2D eigenvalue weighted by Gasteiger charge is 2.24. The maximum Gasteiger partial charge on any atom is 0.224 e. The molecule has 1 aliphatic rings. The van der Waals surface area contributed by atoms with Crippen molar-refractivity contribution in [2.24, 2.45) is 0 Å². The summed E-state index contributed by atoms with van der Waals surface area (Å²) < 4.78 is 33.4. The van der Waals surface area contributed by atoms with Gasteiger partial charge in [0.15, 0.2) is 11.6 Å². The van der Waals surface area contributed by atoms with Crippen LogP contribution in [-0.4, -0.2) is 60.5 Å². The first-order valence-electron chi connectivity index (χ1n) is 9.57. The van der Waals surface area contributed by atoms with Crippen LogP contribution in [0.5, 0.6) is 11.6 Å². The molecule has 0 saturated carbocycles. The Morgan fingerprint density at radius 2 is 2.03 bits per heavy atom. The minimum Gasteiger partial charge on any atom is -0.435 e. The standard InChI is InChI=1S/C21H26F2N4O2/c1-14-6-7-17(20(23)19(14)22)29-21-15(5-4-8-24-21)12-25-18(28)11-16-13-26(2)9-10-27(16)3/h4-8,16H,9-13H2,1-3H3,(H,25,28)/t16-/m0/s1. The zero-order chi connectivity index (χ0) is 21.0. The van der Waals surface area contributed by atoms with Crippen LogP contribution in [-0.2, 0) is 11.3 Å². The normalized spacial score (nSPS) is 17.9. The summed E-state index contributed by atoms with van der Waals surface area (Å²) in [5.74, 6) is -2.21. The third-order valence-corrected chi connectivity index (χ3v) is 5.17. The molecule has 2 heterocycles. The van der Waals surface area contributed by atoms with Crippen LogP contribution in [0.15, 0.2) is 30.5 Å². The molecule has 0 radical (unpaired) electrons. The molecule has 1 N–H and O–H groups in total. The van der Waals surface area contributed by atoms with Crippen LogP contribution in [0, 0.1) is 18.6 Å². The summed E-state index contributed by atoms with van der Waals surface area (Å²) in [6.07, 6.45) is 1.88. The monoisotopic (exact) mass is 404 g/mol. The molecule has 8 heteroatoms. The number of likely N-dealkylation sites (N-methyl/N-ethyl adjacent to an activating group) is 2. The van der Waals surface area contributed by atoms with Gasteiger partial charge < -0.3 is 19.9 Å². The number of aryl methyl sites for hydroxylation is 1. The SMILES string of the molecule is Cc1ccc(Oc2ncccc2CNC(=O)C[C@H]2CN(C)CCN2C)c(F)c1F. The Balaban J connectivity index is 1.64. The van der Waals surface area contributed by atoms with Gasteiger partial charge >= 0.3 is 0 Å². The zero-order valence-corrected chi connectivity index (χ0v) is 16.9. The fourth-order valence-corrected chi connectivity index (χ4v) is 3.26. The van der Waals surface area contributed by atoms with Crippen molar-refractivity contribution in [1.29, 1.82) is 0 Å². The Hall–Kier alpha value is -2.58. The van der Waals surface area contributed by atoms with Crippen molar-refractivity contribution in [3.8, 4) is 11.6 Å². The van der Waals surface area contributed by atoms with E-state index in [1.165, 1.54) is 25.3 Å². The molecule has 1 aromatic heterocycles. The summed E-state index contributed by atoms with van der Waals surface area (Å²) in [6.45, 7) is 4.41. The van der Waals surface area contributed by atoms with E-state index in [0.717, 1.165) is 19.6 Å². The number of nitrogens with zero attached hydrogens (tertiary/aromatic N) is 3. The summed E-state index contributed by atoms with van der Waals surface area (Å²) in [4.78, 5) is 20.9. The lowest BCUT2D eigenvalue weighted by Gasteiger charge is -2.37. The van der Waals surface area contributed by atoms with Gasteiger partial charge in [0.1, 0.15) is 0 Å². The van der Waals surface area contributed by atoms with Crippen LogP contribution in [0.2, 0.25) is 0 Å². The van der Waals surface area contributed by atoms with Crippen LogP contribution in [0.1, 0.15) is 17.5 Å². The van der Waals surface area contributed by atoms with Crippen molar-refractivity contribution in [2.75, 3.05) is 33.7 Å². The van der Waals surface area contributed by atoms with Crippen molar-refractivity contribution in [3.63, 3.8) is 0 Å². The Bertz CT molecular complexity index is 878. The van der Waals surface area contributed by atoms with Gasteiger partial charge in [0.25, 0.3) is 0 Å². The lowest BCUT2D eigenvalue weighted by molar-refractivity contribution is -0.122. The molecule has 1 atom stereocenters. The quantitative estimate of drug-likeness (QED) is 0.802. The van der Waals surface area contributed by atoms with E-state index in [4.69, 9.17) is 4.74 Å². The van der Waals surface area contributed by atoms with Crippen molar-refractivity contribution in [2.45, 2.75) is 25.9 Å². The number of nitrogens with one attached hydrogen (secondary N) is 1. The van der Waals surface area contributed by atoms with Gasteiger partial charge in [-0.15, -0.1) is 0 Å². The predicted octanol–water partition coefficient (Wildman–Crippen LogP) is 2.71. The Kier molecular flexibility index (Phi) is 6.76. The van der Waals surface area contributed by atoms with E-state index in [0.29, 0.717) is 12.0 Å². The van der Waals surface area contributed by atoms with E-state index >= 15 is 0 Å². The maximum absolute atomic E-state index is 14.1. The summed E-state index contributed by atoms with van der Waals surface area (Å²) in [5.41, 5.74) is 0.775. The average Bonchev–Trinajstić information content (AvgIpc) is 2.70. The van der Waals surface area contributed by atoms with Gasteiger partial charge in [0.05, 0.1) is 0 Å².